The molecule has 0 spiro atoms. The number of hydrogen-bond acceptors (Lipinski definition) is 1. The van der Waals surface area contributed by atoms with E-state index in [9.17, 15) is 0 Å². The van der Waals surface area contributed by atoms with Crippen molar-refractivity contribution in [1.82, 2.24) is 18.7 Å². The van der Waals surface area contributed by atoms with Gasteiger partial charge in [-0.25, -0.2) is 4.85 Å². The Morgan fingerprint density at radius 2 is 0.962 bits per heavy atom. The average Bonchev–Trinajstić information content (AvgIpc) is 3.87. The number of benzene rings is 7. The molecule has 0 amide bonds. The number of aromatic nitrogens is 4. The molecule has 0 N–H and O–H groups in total. The summed E-state index contributed by atoms with van der Waals surface area (Å²) in [5.41, 5.74) is 13.4. The third-order valence-corrected chi connectivity index (χ3v) is 10.6. The van der Waals surface area contributed by atoms with Crippen LogP contribution >= 0.6 is 0 Å². The molecular weight excluding hydrogens is 647 g/mol. The van der Waals surface area contributed by atoms with Gasteiger partial charge in [-0.3, -0.25) is 4.98 Å². The van der Waals surface area contributed by atoms with E-state index in [2.05, 4.69) is 170 Å². The van der Waals surface area contributed by atoms with E-state index in [1.54, 1.807) is 0 Å². The van der Waals surface area contributed by atoms with E-state index in [-0.39, 0.29) is 0 Å². The van der Waals surface area contributed by atoms with Crippen molar-refractivity contribution in [1.29, 1.82) is 0 Å². The lowest BCUT2D eigenvalue weighted by Gasteiger charge is -2.14. The lowest BCUT2D eigenvalue weighted by Crippen LogP contribution is -1.99. The predicted octanol–water partition coefficient (Wildman–Crippen LogP) is 12.6. The van der Waals surface area contributed by atoms with Gasteiger partial charge in [0.05, 0.1) is 45.2 Å². The van der Waals surface area contributed by atoms with Crippen LogP contribution in [0, 0.1) is 6.57 Å². The second-order valence-electron chi connectivity index (χ2n) is 13.5. The molecule has 4 heterocycles. The molecule has 0 fully saturated rings. The van der Waals surface area contributed by atoms with Gasteiger partial charge in [-0.2, -0.15) is 0 Å². The van der Waals surface area contributed by atoms with E-state index in [1.807, 2.05) is 24.4 Å². The lowest BCUT2D eigenvalue weighted by molar-refractivity contribution is 1.15. The van der Waals surface area contributed by atoms with E-state index >= 15 is 0 Å². The Morgan fingerprint density at radius 3 is 1.70 bits per heavy atom. The molecule has 0 aliphatic rings. The monoisotopic (exact) mass is 675 g/mol. The van der Waals surface area contributed by atoms with Crippen LogP contribution in [0.15, 0.2) is 176 Å². The number of pyridine rings is 1. The molecule has 0 saturated heterocycles. The molecule has 5 heteroatoms. The Morgan fingerprint density at radius 1 is 0.396 bits per heavy atom. The summed E-state index contributed by atoms with van der Waals surface area (Å²) < 4.78 is 7.04. The van der Waals surface area contributed by atoms with Crippen LogP contribution in [0.25, 0.3) is 98.6 Å². The van der Waals surface area contributed by atoms with Crippen LogP contribution in [0.1, 0.15) is 0 Å². The zero-order chi connectivity index (χ0) is 35.0. The number of hydrogen-bond donors (Lipinski definition) is 0. The van der Waals surface area contributed by atoms with Crippen LogP contribution < -0.4 is 0 Å². The standard InChI is InChI=1S/C48H29N5/c1-49-33-27-32(29-36(30-33)51-42-20-8-5-17-37(42)38-18-6-9-21-43(38)51)31-13-11-16-35(28-31)53-45-23-12-26-50-46(45)41-25-24-40-39-19-7-10-22-44(39)52(47(40)48(41)53)34-14-3-2-4-15-34/h2-30H. The first-order valence-corrected chi connectivity index (χ1v) is 17.8. The zero-order valence-electron chi connectivity index (χ0n) is 28.5. The molecule has 0 radical (unpaired) electrons. The van der Waals surface area contributed by atoms with Crippen LogP contribution in [0.4, 0.5) is 5.69 Å². The Hall–Kier alpha value is -7.42. The highest BCUT2D eigenvalue weighted by Crippen LogP contribution is 2.42. The molecule has 4 aromatic heterocycles. The van der Waals surface area contributed by atoms with Crippen LogP contribution in [0.3, 0.4) is 0 Å². The minimum atomic E-state index is 0.597. The van der Waals surface area contributed by atoms with Crippen molar-refractivity contribution in [2.24, 2.45) is 0 Å². The van der Waals surface area contributed by atoms with Crippen LogP contribution in [0.5, 0.6) is 0 Å². The normalized spacial score (nSPS) is 11.8. The minimum absolute atomic E-state index is 0.597. The quantitative estimate of drug-likeness (QED) is 0.171. The first-order valence-electron chi connectivity index (χ1n) is 17.8. The summed E-state index contributed by atoms with van der Waals surface area (Å²) in [6, 6.07) is 59.8. The average molecular weight is 676 g/mol. The fraction of sp³-hybridized carbons (Fsp3) is 0. The van der Waals surface area contributed by atoms with Gasteiger partial charge >= 0.3 is 0 Å². The molecule has 53 heavy (non-hydrogen) atoms. The number of rotatable bonds is 4. The van der Waals surface area contributed by atoms with Crippen molar-refractivity contribution in [3.8, 4) is 28.2 Å². The zero-order valence-corrected chi connectivity index (χ0v) is 28.5. The van der Waals surface area contributed by atoms with Crippen LogP contribution in [-0.4, -0.2) is 18.7 Å². The molecule has 246 valence electrons. The SMILES string of the molecule is [C-]#[N+]c1cc(-c2cccc(-n3c4cccnc4c4ccc5c6ccccc6n(-c6ccccc6)c5c43)c2)cc(-n2c3ccccc3c3ccccc32)c1. The van der Waals surface area contributed by atoms with Crippen molar-refractivity contribution >= 4 is 71.2 Å². The van der Waals surface area contributed by atoms with Gasteiger partial charge in [0, 0.05) is 50.2 Å². The van der Waals surface area contributed by atoms with Crippen molar-refractivity contribution in [3.05, 3.63) is 187 Å². The van der Waals surface area contributed by atoms with Gasteiger partial charge in [0.2, 0.25) is 0 Å². The first-order chi connectivity index (χ1) is 26.3. The van der Waals surface area contributed by atoms with Crippen molar-refractivity contribution in [3.63, 3.8) is 0 Å². The fourth-order valence-electron chi connectivity index (χ4n) is 8.46. The molecule has 0 bridgehead atoms. The van der Waals surface area contributed by atoms with Gasteiger partial charge in [0.15, 0.2) is 5.69 Å². The second-order valence-corrected chi connectivity index (χ2v) is 13.5. The highest BCUT2D eigenvalue weighted by atomic mass is 15.1. The first kappa shape index (κ1) is 29.3. The van der Waals surface area contributed by atoms with E-state index < -0.39 is 0 Å². The minimum Gasteiger partial charge on any atom is -0.310 e. The maximum atomic E-state index is 8.10. The molecule has 11 aromatic rings. The summed E-state index contributed by atoms with van der Waals surface area (Å²) >= 11 is 0. The van der Waals surface area contributed by atoms with Gasteiger partial charge in [-0.05, 0) is 90.0 Å². The largest absolute Gasteiger partial charge is 0.310 e. The molecule has 0 saturated carbocycles. The maximum Gasteiger partial charge on any atom is 0.189 e. The Labute approximate surface area is 304 Å². The summed E-state index contributed by atoms with van der Waals surface area (Å²) in [5.74, 6) is 0. The lowest BCUT2D eigenvalue weighted by atomic mass is 10.0. The number of nitrogens with zero attached hydrogens (tertiary/aromatic N) is 5. The molecule has 5 nitrogen and oxygen atoms in total. The maximum absolute atomic E-state index is 8.10. The summed E-state index contributed by atoms with van der Waals surface area (Å²) in [5, 5.41) is 5.89. The van der Waals surface area contributed by atoms with Crippen molar-refractivity contribution in [2.45, 2.75) is 0 Å². The number of para-hydroxylation sites is 4. The fourth-order valence-corrected chi connectivity index (χ4v) is 8.46. The molecule has 0 unspecified atom stereocenters. The van der Waals surface area contributed by atoms with Gasteiger partial charge in [0.25, 0.3) is 0 Å². The molecule has 11 rings (SSSR count). The van der Waals surface area contributed by atoms with Gasteiger partial charge in [-0.15, -0.1) is 0 Å². The second kappa shape index (κ2) is 11.3. The third kappa shape index (κ3) is 4.27. The van der Waals surface area contributed by atoms with E-state index in [4.69, 9.17) is 11.6 Å². The predicted molar refractivity (Wildman–Crippen MR) is 219 cm³/mol. The topological polar surface area (TPSA) is 32.0 Å². The van der Waals surface area contributed by atoms with Gasteiger partial charge in [-0.1, -0.05) is 91.0 Å². The van der Waals surface area contributed by atoms with Crippen LogP contribution in [-0.2, 0) is 0 Å². The Kier molecular flexibility index (Phi) is 6.25. The Bertz CT molecular complexity index is 3250. The Balaban J connectivity index is 1.19. The van der Waals surface area contributed by atoms with Crippen molar-refractivity contribution in [2.75, 3.05) is 0 Å². The summed E-state index contributed by atoms with van der Waals surface area (Å²) in [6.45, 7) is 8.10. The molecule has 7 aromatic carbocycles. The van der Waals surface area contributed by atoms with E-state index in [0.29, 0.717) is 5.69 Å². The van der Waals surface area contributed by atoms with Crippen molar-refractivity contribution < 1.29 is 0 Å². The summed E-state index contributed by atoms with van der Waals surface area (Å²) in [7, 11) is 0. The smallest absolute Gasteiger partial charge is 0.189 e. The van der Waals surface area contributed by atoms with E-state index in [1.165, 1.54) is 21.5 Å². The highest BCUT2D eigenvalue weighted by Gasteiger charge is 2.22. The summed E-state index contributed by atoms with van der Waals surface area (Å²) in [4.78, 5) is 8.90. The highest BCUT2D eigenvalue weighted by molar-refractivity contribution is 6.23. The molecule has 0 aliphatic carbocycles. The van der Waals surface area contributed by atoms with E-state index in [0.717, 1.165) is 72.2 Å². The van der Waals surface area contributed by atoms with Gasteiger partial charge in [0.1, 0.15) is 0 Å². The molecule has 0 aliphatic heterocycles. The summed E-state index contributed by atoms with van der Waals surface area (Å²) in [6.07, 6.45) is 1.88. The third-order valence-electron chi connectivity index (χ3n) is 10.6. The van der Waals surface area contributed by atoms with Gasteiger partial charge < -0.3 is 13.7 Å². The van der Waals surface area contributed by atoms with Crippen LogP contribution in [0.2, 0.25) is 0 Å². The molecule has 0 atom stereocenters. The number of fused-ring (bicyclic) bond motifs is 10. The molecular formula is C48H29N5.